The number of fused-ring (bicyclic) bond motifs is 5. The first-order valence-corrected chi connectivity index (χ1v) is 16.4. The first-order chi connectivity index (χ1) is 22.8. The highest BCUT2D eigenvalue weighted by molar-refractivity contribution is 8.00. The molecular weight excluding hydrogens is 666 g/mol. The van der Waals surface area contributed by atoms with Gasteiger partial charge in [0.15, 0.2) is 15.3 Å². The smallest absolute Gasteiger partial charge is 0.297 e. The minimum atomic E-state index is -1.99. The summed E-state index contributed by atoms with van der Waals surface area (Å²) in [6.07, 6.45) is 0. The molecule has 0 fully saturated rings. The highest BCUT2D eigenvalue weighted by Crippen LogP contribution is 2.55. The van der Waals surface area contributed by atoms with Crippen molar-refractivity contribution in [3.8, 4) is 0 Å². The van der Waals surface area contributed by atoms with Crippen LogP contribution in [-0.4, -0.2) is 22.0 Å². The van der Waals surface area contributed by atoms with Crippen LogP contribution >= 0.6 is 34.7 Å². The number of halogens is 3. The summed E-state index contributed by atoms with van der Waals surface area (Å²) in [4.78, 5) is 46.6. The molecule has 4 aromatic carbocycles. The second-order valence-electron chi connectivity index (χ2n) is 10.9. The number of amides is 2. The fourth-order valence-corrected chi connectivity index (χ4v) is 8.16. The van der Waals surface area contributed by atoms with Gasteiger partial charge in [0.1, 0.15) is 17.2 Å². The van der Waals surface area contributed by atoms with E-state index in [1.807, 2.05) is 0 Å². The molecule has 6 aromatic rings. The van der Waals surface area contributed by atoms with Gasteiger partial charge in [0.2, 0.25) is 10.9 Å². The average Bonchev–Trinajstić information content (AvgIpc) is 3.71. The molecule has 47 heavy (non-hydrogen) atoms. The summed E-state index contributed by atoms with van der Waals surface area (Å²) in [5.41, 5.74) is -0.247. The first-order valence-electron chi connectivity index (χ1n) is 14.2. The van der Waals surface area contributed by atoms with Gasteiger partial charge in [-0.1, -0.05) is 77.2 Å². The summed E-state index contributed by atoms with van der Waals surface area (Å²) in [5.74, 6) is -1.91. The summed E-state index contributed by atoms with van der Waals surface area (Å²) < 4.78 is 33.8. The van der Waals surface area contributed by atoms with Crippen LogP contribution in [0.15, 0.2) is 105 Å². The van der Waals surface area contributed by atoms with E-state index in [1.54, 1.807) is 54.6 Å². The molecule has 8 nitrogen and oxygen atoms in total. The first kappa shape index (κ1) is 29.5. The maximum Gasteiger partial charge on any atom is 0.297 e. The Labute approximate surface area is 278 Å². The highest BCUT2D eigenvalue weighted by atomic mass is 35.5. The largest absolute Gasteiger partial charge is 0.450 e. The molecule has 1 unspecified atom stereocenters. The van der Waals surface area contributed by atoms with Gasteiger partial charge in [-0.3, -0.25) is 19.3 Å². The Morgan fingerprint density at radius 1 is 0.872 bits per heavy atom. The molecule has 8 rings (SSSR count). The van der Waals surface area contributed by atoms with Crippen molar-refractivity contribution >= 4 is 68.3 Å². The Morgan fingerprint density at radius 3 is 2.32 bits per heavy atom. The third-order valence-electron chi connectivity index (χ3n) is 8.20. The van der Waals surface area contributed by atoms with Crippen molar-refractivity contribution in [3.05, 3.63) is 146 Å². The summed E-state index contributed by atoms with van der Waals surface area (Å²) in [6.45, 7) is 0.0366. The Bertz CT molecular complexity index is 2310. The summed E-state index contributed by atoms with van der Waals surface area (Å²) in [7, 11) is 0. The topological polar surface area (TPSA) is 96.6 Å². The van der Waals surface area contributed by atoms with Crippen molar-refractivity contribution < 1.29 is 22.8 Å². The van der Waals surface area contributed by atoms with Crippen LogP contribution in [0.4, 0.5) is 19.6 Å². The zero-order valence-corrected chi connectivity index (χ0v) is 26.3. The van der Waals surface area contributed by atoms with E-state index >= 15 is 4.79 Å². The van der Waals surface area contributed by atoms with Crippen LogP contribution < -0.4 is 15.2 Å². The van der Waals surface area contributed by atoms with E-state index in [4.69, 9.17) is 16.0 Å². The van der Waals surface area contributed by atoms with Crippen molar-refractivity contribution in [2.24, 2.45) is 0 Å². The normalized spacial score (nSPS) is 16.8. The van der Waals surface area contributed by atoms with Gasteiger partial charge in [-0.05, 0) is 59.7 Å². The van der Waals surface area contributed by atoms with Gasteiger partial charge in [-0.25, -0.2) is 8.78 Å². The van der Waals surface area contributed by atoms with Crippen LogP contribution in [0.5, 0.6) is 0 Å². The average molecular weight is 685 g/mol. The molecule has 1 atom stereocenters. The molecular formula is C34H19ClF2N4O4S2. The molecule has 232 valence electrons. The zero-order valence-electron chi connectivity index (χ0n) is 23.9. The zero-order chi connectivity index (χ0) is 32.4. The number of para-hydroxylation sites is 1. The molecule has 0 saturated heterocycles. The molecule has 13 heteroatoms. The number of hydrogen-bond donors (Lipinski definition) is 0. The predicted molar refractivity (Wildman–Crippen MR) is 175 cm³/mol. The van der Waals surface area contributed by atoms with E-state index in [2.05, 4.69) is 10.2 Å². The minimum Gasteiger partial charge on any atom is -0.450 e. The molecule has 0 radical (unpaired) electrons. The van der Waals surface area contributed by atoms with Gasteiger partial charge < -0.3 is 9.32 Å². The van der Waals surface area contributed by atoms with Crippen molar-refractivity contribution in [1.29, 1.82) is 0 Å². The molecule has 0 N–H and O–H groups in total. The van der Waals surface area contributed by atoms with Gasteiger partial charge in [0, 0.05) is 16.3 Å². The van der Waals surface area contributed by atoms with E-state index in [-0.39, 0.29) is 44.8 Å². The second kappa shape index (κ2) is 11.1. The number of aromatic nitrogens is 2. The standard InChI is InChI=1S/C34H19ClF2N4O4S2/c35-20-9-14-26-23(15-20)28(42)27-29(45-26)30(43)41(32-38-39-33(47-32)46-17-19-7-12-22(37)13-8-19)34(27)24-3-1-2-4-25(24)40(31(34)44)16-18-5-10-21(36)11-6-18/h1-15H,16-17H2. The minimum absolute atomic E-state index is 0.0366. The van der Waals surface area contributed by atoms with E-state index in [0.717, 1.165) is 16.9 Å². The number of carbonyl (C=O) groups is 2. The summed E-state index contributed by atoms with van der Waals surface area (Å²) >= 11 is 8.68. The maximum atomic E-state index is 15.0. The molecule has 2 aromatic heterocycles. The van der Waals surface area contributed by atoms with E-state index in [1.165, 1.54) is 58.0 Å². The van der Waals surface area contributed by atoms with Crippen LogP contribution in [0, 0.1) is 11.6 Å². The Morgan fingerprint density at radius 2 is 1.57 bits per heavy atom. The van der Waals surface area contributed by atoms with Gasteiger partial charge in [-0.15, -0.1) is 10.2 Å². The Kier molecular flexibility index (Phi) is 6.97. The summed E-state index contributed by atoms with van der Waals surface area (Å²) in [6, 6.07) is 23.2. The van der Waals surface area contributed by atoms with Crippen LogP contribution in [-0.2, 0) is 22.6 Å². The van der Waals surface area contributed by atoms with Crippen molar-refractivity contribution in [1.82, 2.24) is 10.2 Å². The lowest BCUT2D eigenvalue weighted by Gasteiger charge is -2.32. The fourth-order valence-electron chi connectivity index (χ4n) is 6.14. The quantitative estimate of drug-likeness (QED) is 0.134. The van der Waals surface area contributed by atoms with Gasteiger partial charge in [-0.2, -0.15) is 0 Å². The monoisotopic (exact) mass is 684 g/mol. The molecule has 2 aliphatic rings. The molecule has 0 bridgehead atoms. The number of nitrogens with zero attached hydrogens (tertiary/aromatic N) is 4. The third kappa shape index (κ3) is 4.58. The molecule has 0 aliphatic carbocycles. The number of carbonyl (C=O) groups excluding carboxylic acids is 2. The number of benzene rings is 4. The van der Waals surface area contributed by atoms with E-state index in [0.29, 0.717) is 26.9 Å². The Hall–Kier alpha value is -4.91. The molecule has 1 spiro atoms. The maximum absolute atomic E-state index is 15.0. The number of rotatable bonds is 6. The lowest BCUT2D eigenvalue weighted by Crippen LogP contribution is -2.53. The Balaban J connectivity index is 1.31. The predicted octanol–water partition coefficient (Wildman–Crippen LogP) is 7.32. The molecule has 4 heterocycles. The van der Waals surface area contributed by atoms with Gasteiger partial charge in [0.25, 0.3) is 11.8 Å². The van der Waals surface area contributed by atoms with Crippen molar-refractivity contribution in [3.63, 3.8) is 0 Å². The van der Waals surface area contributed by atoms with E-state index < -0.39 is 28.6 Å². The fraction of sp³-hybridized carbons (Fsp3) is 0.0882. The van der Waals surface area contributed by atoms with Crippen LogP contribution in [0.2, 0.25) is 5.02 Å². The van der Waals surface area contributed by atoms with Gasteiger partial charge in [0.05, 0.1) is 23.2 Å². The highest BCUT2D eigenvalue weighted by Gasteiger charge is 2.66. The van der Waals surface area contributed by atoms with Crippen LogP contribution in [0.1, 0.15) is 32.8 Å². The second-order valence-corrected chi connectivity index (χ2v) is 13.5. The van der Waals surface area contributed by atoms with Crippen molar-refractivity contribution in [2.45, 2.75) is 22.2 Å². The summed E-state index contributed by atoms with van der Waals surface area (Å²) in [5, 5.41) is 9.09. The molecule has 0 saturated carbocycles. The number of thioether (sulfide) groups is 1. The molecule has 2 aliphatic heterocycles. The molecule has 2 amide bonds. The lowest BCUT2D eigenvalue weighted by molar-refractivity contribution is -0.121. The number of anilines is 2. The van der Waals surface area contributed by atoms with Crippen LogP contribution in [0.25, 0.3) is 11.0 Å². The van der Waals surface area contributed by atoms with Gasteiger partial charge >= 0.3 is 0 Å². The SMILES string of the molecule is O=C1c2oc3ccc(Cl)cc3c(=O)c2C2(C(=O)N(Cc3ccc(F)cc3)c3ccccc32)N1c1nnc(SCc2ccc(F)cc2)s1. The lowest BCUT2D eigenvalue weighted by atomic mass is 9.84. The third-order valence-corrected chi connectivity index (χ3v) is 10.6. The van der Waals surface area contributed by atoms with Crippen LogP contribution in [0.3, 0.4) is 0 Å². The number of hydrogen-bond acceptors (Lipinski definition) is 8. The van der Waals surface area contributed by atoms with E-state index in [9.17, 15) is 18.4 Å². The van der Waals surface area contributed by atoms with Crippen molar-refractivity contribution in [2.75, 3.05) is 9.80 Å².